The van der Waals surface area contributed by atoms with Gasteiger partial charge in [-0.1, -0.05) is 18.0 Å². The first-order chi connectivity index (χ1) is 9.90. The topological polar surface area (TPSA) is 78.4 Å². The number of carboxylic acid groups (broad SMARTS) is 1. The zero-order chi connectivity index (χ0) is 15.5. The van der Waals surface area contributed by atoms with Crippen LogP contribution in [0.25, 0.3) is 0 Å². The third kappa shape index (κ3) is 4.35. The molecule has 0 saturated heterocycles. The maximum absolute atomic E-state index is 11.9. The first-order valence-electron chi connectivity index (χ1n) is 6.62. The molecule has 114 valence electrons. The third-order valence-electron chi connectivity index (χ3n) is 3.74. The molecule has 0 radical (unpaired) electrons. The van der Waals surface area contributed by atoms with E-state index in [1.165, 1.54) is 0 Å². The van der Waals surface area contributed by atoms with Crippen molar-refractivity contribution >= 4 is 45.2 Å². The Hall–Kier alpha value is -1.27. The van der Waals surface area contributed by atoms with Crippen molar-refractivity contribution in [3.63, 3.8) is 0 Å². The fraction of sp³-hybridized carbons (Fsp3) is 0.429. The molecule has 1 aromatic rings. The second-order valence-electron chi connectivity index (χ2n) is 5.36. The van der Waals surface area contributed by atoms with Crippen molar-refractivity contribution in [2.75, 3.05) is 11.9 Å². The molecule has 0 atom stereocenters. The largest absolute Gasteiger partial charge is 0.481 e. The van der Waals surface area contributed by atoms with E-state index in [0.29, 0.717) is 17.3 Å². The Kier molecular flexibility index (Phi) is 5.11. The molecule has 1 fully saturated rings. The molecule has 1 saturated carbocycles. The number of carboxylic acids is 1. The summed E-state index contributed by atoms with van der Waals surface area (Å²) >= 11 is 9.23. The zero-order valence-corrected chi connectivity index (χ0v) is 13.6. The molecule has 21 heavy (non-hydrogen) atoms. The second-order valence-corrected chi connectivity index (χ2v) is 6.62. The Morgan fingerprint density at radius 1 is 1.38 bits per heavy atom. The first kappa shape index (κ1) is 16.1. The Morgan fingerprint density at radius 3 is 2.62 bits per heavy atom. The molecule has 0 aliphatic heterocycles. The van der Waals surface area contributed by atoms with Gasteiger partial charge in [0.25, 0.3) is 0 Å². The molecule has 5 nitrogen and oxygen atoms in total. The average Bonchev–Trinajstić information content (AvgIpc) is 2.36. The first-order valence-corrected chi connectivity index (χ1v) is 7.79. The van der Waals surface area contributed by atoms with Crippen LogP contribution in [0.2, 0.25) is 5.02 Å². The number of amides is 2. The van der Waals surface area contributed by atoms with Gasteiger partial charge in [-0.15, -0.1) is 0 Å². The highest BCUT2D eigenvalue weighted by molar-refractivity contribution is 9.10. The molecule has 1 aliphatic carbocycles. The number of halogens is 2. The number of carbonyl (C=O) groups excluding carboxylic acids is 1. The summed E-state index contributed by atoms with van der Waals surface area (Å²) in [5.74, 6) is -0.823. The number of carbonyl (C=O) groups is 2. The van der Waals surface area contributed by atoms with Gasteiger partial charge >= 0.3 is 12.0 Å². The van der Waals surface area contributed by atoms with Crippen LogP contribution in [0.4, 0.5) is 10.5 Å². The summed E-state index contributed by atoms with van der Waals surface area (Å²) in [5, 5.41) is 14.9. The Labute approximate surface area is 136 Å². The summed E-state index contributed by atoms with van der Waals surface area (Å²) in [6.07, 6.45) is 2.78. The predicted molar refractivity (Wildman–Crippen MR) is 84.7 cm³/mol. The van der Waals surface area contributed by atoms with Gasteiger partial charge in [0.2, 0.25) is 0 Å². The number of anilines is 1. The predicted octanol–water partition coefficient (Wildman–Crippen LogP) is 3.87. The number of hydrogen-bond acceptors (Lipinski definition) is 2. The maximum atomic E-state index is 11.9. The maximum Gasteiger partial charge on any atom is 0.319 e. The highest BCUT2D eigenvalue weighted by Gasteiger charge is 2.39. The van der Waals surface area contributed by atoms with Gasteiger partial charge in [-0.3, -0.25) is 4.79 Å². The van der Waals surface area contributed by atoms with Crippen LogP contribution in [0.3, 0.4) is 0 Å². The van der Waals surface area contributed by atoms with Crippen molar-refractivity contribution in [2.45, 2.75) is 25.7 Å². The molecular weight excluding hydrogens is 360 g/mol. The molecule has 3 N–H and O–H groups in total. The van der Waals surface area contributed by atoms with Crippen LogP contribution in [0.15, 0.2) is 22.7 Å². The highest BCUT2D eigenvalue weighted by Crippen LogP contribution is 2.43. The van der Waals surface area contributed by atoms with Gasteiger partial charge in [0, 0.05) is 16.7 Å². The number of hydrogen-bond donors (Lipinski definition) is 3. The van der Waals surface area contributed by atoms with Gasteiger partial charge in [0.1, 0.15) is 0 Å². The lowest BCUT2D eigenvalue weighted by atomic mass is 9.66. The number of nitrogens with one attached hydrogen (secondary N) is 2. The minimum absolute atomic E-state index is 0.0946. The van der Waals surface area contributed by atoms with E-state index in [9.17, 15) is 9.59 Å². The lowest BCUT2D eigenvalue weighted by Crippen LogP contribution is -2.44. The second kappa shape index (κ2) is 6.66. The molecule has 1 aromatic carbocycles. The van der Waals surface area contributed by atoms with Crippen molar-refractivity contribution in [3.05, 3.63) is 27.7 Å². The highest BCUT2D eigenvalue weighted by atomic mass is 79.9. The van der Waals surface area contributed by atoms with Gasteiger partial charge < -0.3 is 15.7 Å². The van der Waals surface area contributed by atoms with Gasteiger partial charge in [0.05, 0.1) is 11.4 Å². The number of benzene rings is 1. The summed E-state index contributed by atoms with van der Waals surface area (Å²) < 4.78 is 0.755. The molecule has 0 aromatic heterocycles. The molecule has 2 rings (SSSR count). The zero-order valence-electron chi connectivity index (χ0n) is 11.3. The average molecular weight is 376 g/mol. The van der Waals surface area contributed by atoms with Gasteiger partial charge in [-0.2, -0.15) is 0 Å². The molecule has 1 aliphatic rings. The quantitative estimate of drug-likeness (QED) is 0.731. The monoisotopic (exact) mass is 374 g/mol. The van der Waals surface area contributed by atoms with Crippen LogP contribution in [0.1, 0.15) is 25.7 Å². The van der Waals surface area contributed by atoms with E-state index in [4.69, 9.17) is 16.7 Å². The molecule has 0 bridgehead atoms. The van der Waals surface area contributed by atoms with Gasteiger partial charge in [-0.25, -0.2) is 4.79 Å². The van der Waals surface area contributed by atoms with E-state index in [-0.39, 0.29) is 17.9 Å². The third-order valence-corrected chi connectivity index (χ3v) is 4.97. The van der Waals surface area contributed by atoms with E-state index < -0.39 is 5.97 Å². The number of rotatable bonds is 5. The van der Waals surface area contributed by atoms with Gasteiger partial charge in [-0.05, 0) is 52.4 Å². The summed E-state index contributed by atoms with van der Waals surface area (Å²) in [5.41, 5.74) is 0.294. The summed E-state index contributed by atoms with van der Waals surface area (Å²) in [6, 6.07) is 4.76. The van der Waals surface area contributed by atoms with E-state index in [1.807, 2.05) is 0 Å². The fourth-order valence-corrected chi connectivity index (χ4v) is 2.86. The number of aliphatic carboxylic acids is 1. The van der Waals surface area contributed by atoms with E-state index in [0.717, 1.165) is 23.7 Å². The van der Waals surface area contributed by atoms with Crippen LogP contribution < -0.4 is 10.6 Å². The summed E-state index contributed by atoms with van der Waals surface area (Å²) in [4.78, 5) is 22.7. The Balaban J connectivity index is 1.87. The van der Waals surface area contributed by atoms with E-state index in [1.54, 1.807) is 18.2 Å². The normalized spacial score (nSPS) is 15.9. The van der Waals surface area contributed by atoms with Crippen LogP contribution in [0, 0.1) is 5.41 Å². The lowest BCUT2D eigenvalue weighted by Gasteiger charge is -2.40. The molecule has 0 unspecified atom stereocenters. The van der Waals surface area contributed by atoms with Crippen LogP contribution in [-0.4, -0.2) is 23.7 Å². The molecular formula is C14H16BrClN2O3. The molecule has 7 heteroatoms. The minimum Gasteiger partial charge on any atom is -0.481 e. The SMILES string of the molecule is O=C(O)CC1(CNC(=O)Nc2ccc(Br)c(Cl)c2)CCC1. The van der Waals surface area contributed by atoms with Crippen LogP contribution in [-0.2, 0) is 4.79 Å². The Morgan fingerprint density at radius 2 is 2.10 bits per heavy atom. The number of urea groups is 1. The van der Waals surface area contributed by atoms with Crippen LogP contribution in [0.5, 0.6) is 0 Å². The fourth-order valence-electron chi connectivity index (χ4n) is 2.43. The van der Waals surface area contributed by atoms with Crippen molar-refractivity contribution < 1.29 is 14.7 Å². The summed E-state index contributed by atoms with van der Waals surface area (Å²) in [6.45, 7) is 0.370. The Bertz CT molecular complexity index is 561. The van der Waals surface area contributed by atoms with Crippen LogP contribution >= 0.6 is 27.5 Å². The van der Waals surface area contributed by atoms with Gasteiger partial charge in [0.15, 0.2) is 0 Å². The van der Waals surface area contributed by atoms with Crippen molar-refractivity contribution in [2.24, 2.45) is 5.41 Å². The summed E-state index contributed by atoms with van der Waals surface area (Å²) in [7, 11) is 0. The molecule has 0 heterocycles. The molecule has 2 amide bonds. The van der Waals surface area contributed by atoms with Crippen molar-refractivity contribution in [1.82, 2.24) is 5.32 Å². The smallest absolute Gasteiger partial charge is 0.319 e. The standard InChI is InChI=1S/C14H16BrClN2O3/c15-10-3-2-9(6-11(10)16)18-13(21)17-8-14(4-1-5-14)7-12(19)20/h2-3,6H,1,4-5,7-8H2,(H,19,20)(H2,17,18,21). The lowest BCUT2D eigenvalue weighted by molar-refractivity contribution is -0.141. The minimum atomic E-state index is -0.823. The van der Waals surface area contributed by atoms with E-state index in [2.05, 4.69) is 26.6 Å². The van der Waals surface area contributed by atoms with Crippen molar-refractivity contribution in [1.29, 1.82) is 0 Å². The molecule has 0 spiro atoms. The van der Waals surface area contributed by atoms with E-state index >= 15 is 0 Å². The van der Waals surface area contributed by atoms with Crippen molar-refractivity contribution in [3.8, 4) is 0 Å².